The molecule has 0 aliphatic rings. The number of hydrogen-bond acceptors (Lipinski definition) is 8. The lowest BCUT2D eigenvalue weighted by molar-refractivity contribution is 0.475. The molecular weight excluding hydrogens is 404 g/mol. The third-order valence-electron chi connectivity index (χ3n) is 4.68. The molecule has 6 N–H and O–H groups in total. The number of nitrogens with one attached hydrogen (secondary N) is 1. The summed E-state index contributed by atoms with van der Waals surface area (Å²) in [6.45, 7) is 1.90. The number of rotatable bonds is 4. The summed E-state index contributed by atoms with van der Waals surface area (Å²) < 4.78 is 1.88. The first-order chi connectivity index (χ1) is 14.4. The molecule has 0 bridgehead atoms. The van der Waals surface area contributed by atoms with Crippen LogP contribution in [0.15, 0.2) is 42.7 Å². The number of phenolic OH excluding ortho intramolecular Hbond substituents is 1. The number of halogens is 1. The van der Waals surface area contributed by atoms with E-state index < -0.39 is 0 Å². The van der Waals surface area contributed by atoms with E-state index in [1.165, 1.54) is 0 Å². The Labute approximate surface area is 176 Å². The van der Waals surface area contributed by atoms with Crippen molar-refractivity contribution in [1.29, 1.82) is 5.26 Å². The summed E-state index contributed by atoms with van der Waals surface area (Å²) in [4.78, 5) is 12.4. The summed E-state index contributed by atoms with van der Waals surface area (Å²) in [6.07, 6.45) is 3.52. The molecule has 3 heterocycles. The highest BCUT2D eigenvalue weighted by molar-refractivity contribution is 6.35. The van der Waals surface area contributed by atoms with Gasteiger partial charge in [0.2, 0.25) is 5.95 Å². The van der Waals surface area contributed by atoms with Gasteiger partial charge in [-0.25, -0.2) is 4.98 Å². The van der Waals surface area contributed by atoms with E-state index in [1.54, 1.807) is 36.5 Å². The highest BCUT2D eigenvalue weighted by atomic mass is 35.5. The molecule has 10 heteroatoms. The summed E-state index contributed by atoms with van der Waals surface area (Å²) in [5, 5.41) is 23.5. The second kappa shape index (κ2) is 7.42. The molecule has 0 fully saturated rings. The number of nitrogens with zero attached hydrogens (tertiary/aromatic N) is 5. The molecule has 30 heavy (non-hydrogen) atoms. The maximum absolute atomic E-state index is 9.60. The smallest absolute Gasteiger partial charge is 0.224 e. The van der Waals surface area contributed by atoms with Gasteiger partial charge in [0.1, 0.15) is 28.8 Å². The number of aromatic hydroxyl groups is 1. The molecule has 1 aromatic carbocycles. The number of phenols is 1. The fourth-order valence-electron chi connectivity index (χ4n) is 3.27. The predicted molar refractivity (Wildman–Crippen MR) is 115 cm³/mol. The summed E-state index contributed by atoms with van der Waals surface area (Å²) in [7, 11) is 0. The summed E-state index contributed by atoms with van der Waals surface area (Å²) in [6, 6.07) is 10.1. The molecule has 0 amide bonds. The number of nitrogens with two attached hydrogens (primary N) is 2. The lowest BCUT2D eigenvalue weighted by Crippen LogP contribution is -2.13. The van der Waals surface area contributed by atoms with Crippen molar-refractivity contribution < 1.29 is 5.11 Å². The maximum atomic E-state index is 9.60. The second-order valence-electron chi connectivity index (χ2n) is 6.63. The fraction of sp³-hybridized carbons (Fsp3) is 0.100. The molecule has 150 valence electrons. The Kier molecular flexibility index (Phi) is 4.77. The summed E-state index contributed by atoms with van der Waals surface area (Å²) in [5.74, 6) is 0.373. The van der Waals surface area contributed by atoms with E-state index >= 15 is 0 Å². The Hall–Kier alpha value is -4.03. The van der Waals surface area contributed by atoms with Crippen LogP contribution in [0.3, 0.4) is 0 Å². The van der Waals surface area contributed by atoms with Crippen LogP contribution in [0.5, 0.6) is 5.75 Å². The zero-order valence-electron chi connectivity index (χ0n) is 15.8. The minimum Gasteiger partial charge on any atom is -0.508 e. The number of nitrogen functional groups attached to an aromatic ring is 2. The van der Waals surface area contributed by atoms with E-state index in [0.29, 0.717) is 10.7 Å². The molecule has 0 aliphatic heterocycles. The van der Waals surface area contributed by atoms with Crippen LogP contribution in [-0.2, 0) is 0 Å². The number of benzene rings is 1. The third kappa shape index (κ3) is 3.29. The van der Waals surface area contributed by atoms with Crippen LogP contribution in [0.4, 0.5) is 17.6 Å². The van der Waals surface area contributed by atoms with Crippen molar-refractivity contribution in [2.45, 2.75) is 13.0 Å². The van der Waals surface area contributed by atoms with E-state index in [2.05, 4.69) is 20.3 Å². The lowest BCUT2D eigenvalue weighted by atomic mass is 10.1. The Morgan fingerprint density at radius 1 is 1.20 bits per heavy atom. The number of hydrogen-bond donors (Lipinski definition) is 4. The van der Waals surface area contributed by atoms with Gasteiger partial charge in [0.15, 0.2) is 5.82 Å². The zero-order chi connectivity index (χ0) is 21.4. The average Bonchev–Trinajstić information content (AvgIpc) is 3.09. The maximum Gasteiger partial charge on any atom is 0.224 e. The number of anilines is 3. The minimum absolute atomic E-state index is 0.00548. The van der Waals surface area contributed by atoms with Crippen molar-refractivity contribution in [3.05, 3.63) is 58.9 Å². The molecule has 0 aliphatic carbocycles. The molecule has 0 saturated heterocycles. The number of aromatic nitrogens is 4. The van der Waals surface area contributed by atoms with Gasteiger partial charge in [0, 0.05) is 29.0 Å². The SMILES string of the molecule is C[C@H](Nc1nc(N)nc(N)c1C#N)c1cn(-c2ccc(O)cc2)c2nccc(Cl)c12. The van der Waals surface area contributed by atoms with Gasteiger partial charge in [-0.2, -0.15) is 15.2 Å². The largest absolute Gasteiger partial charge is 0.508 e. The van der Waals surface area contributed by atoms with Gasteiger partial charge in [-0.15, -0.1) is 0 Å². The van der Waals surface area contributed by atoms with E-state index in [1.807, 2.05) is 23.8 Å². The summed E-state index contributed by atoms with van der Waals surface area (Å²) in [5.41, 5.74) is 13.9. The molecule has 4 rings (SSSR count). The van der Waals surface area contributed by atoms with Crippen LogP contribution in [0.25, 0.3) is 16.7 Å². The van der Waals surface area contributed by atoms with E-state index in [-0.39, 0.29) is 34.9 Å². The van der Waals surface area contributed by atoms with Gasteiger partial charge in [-0.05, 0) is 37.3 Å². The molecular formula is C20H17ClN8O. The lowest BCUT2D eigenvalue weighted by Gasteiger charge is -2.16. The van der Waals surface area contributed by atoms with Crippen molar-refractivity contribution in [3.63, 3.8) is 0 Å². The molecule has 0 unspecified atom stereocenters. The molecule has 3 aromatic heterocycles. The Balaban J connectivity index is 1.84. The van der Waals surface area contributed by atoms with Crippen molar-refractivity contribution in [3.8, 4) is 17.5 Å². The molecule has 0 saturated carbocycles. The molecule has 4 aromatic rings. The predicted octanol–water partition coefficient (Wildman–Crippen LogP) is 3.38. The molecule has 1 atom stereocenters. The van der Waals surface area contributed by atoms with Gasteiger partial charge in [-0.3, -0.25) is 0 Å². The van der Waals surface area contributed by atoms with Crippen molar-refractivity contribution in [2.75, 3.05) is 16.8 Å². The van der Waals surface area contributed by atoms with Gasteiger partial charge in [0.25, 0.3) is 0 Å². The number of pyridine rings is 1. The van der Waals surface area contributed by atoms with E-state index in [9.17, 15) is 10.4 Å². The van der Waals surface area contributed by atoms with Crippen molar-refractivity contribution in [1.82, 2.24) is 19.5 Å². The average molecular weight is 421 g/mol. The zero-order valence-corrected chi connectivity index (χ0v) is 16.6. The minimum atomic E-state index is -0.326. The summed E-state index contributed by atoms with van der Waals surface area (Å²) >= 11 is 6.51. The Morgan fingerprint density at radius 3 is 2.63 bits per heavy atom. The third-order valence-corrected chi connectivity index (χ3v) is 4.99. The first-order valence-corrected chi connectivity index (χ1v) is 9.31. The van der Waals surface area contributed by atoms with E-state index in [0.717, 1.165) is 16.6 Å². The first kappa shape index (κ1) is 19.3. The van der Waals surface area contributed by atoms with Crippen LogP contribution in [0.1, 0.15) is 24.1 Å². The van der Waals surface area contributed by atoms with Crippen LogP contribution < -0.4 is 16.8 Å². The van der Waals surface area contributed by atoms with Crippen LogP contribution >= 0.6 is 11.6 Å². The first-order valence-electron chi connectivity index (χ1n) is 8.93. The number of fused-ring (bicyclic) bond motifs is 1. The van der Waals surface area contributed by atoms with Crippen molar-refractivity contribution >= 4 is 40.2 Å². The van der Waals surface area contributed by atoms with Gasteiger partial charge >= 0.3 is 0 Å². The molecule has 9 nitrogen and oxygen atoms in total. The van der Waals surface area contributed by atoms with Crippen LogP contribution in [0, 0.1) is 11.3 Å². The topological polar surface area (TPSA) is 152 Å². The van der Waals surface area contributed by atoms with Crippen LogP contribution in [-0.4, -0.2) is 24.6 Å². The highest BCUT2D eigenvalue weighted by Gasteiger charge is 2.21. The highest BCUT2D eigenvalue weighted by Crippen LogP contribution is 2.35. The molecule has 0 radical (unpaired) electrons. The number of nitriles is 1. The normalized spacial score (nSPS) is 11.9. The monoisotopic (exact) mass is 420 g/mol. The second-order valence-corrected chi connectivity index (χ2v) is 7.04. The quantitative estimate of drug-likeness (QED) is 0.392. The molecule has 0 spiro atoms. The van der Waals surface area contributed by atoms with Gasteiger partial charge in [-0.1, -0.05) is 11.6 Å². The van der Waals surface area contributed by atoms with Crippen LogP contribution in [0.2, 0.25) is 5.02 Å². The van der Waals surface area contributed by atoms with Crippen molar-refractivity contribution in [2.24, 2.45) is 0 Å². The Morgan fingerprint density at radius 2 is 1.93 bits per heavy atom. The standard InChI is InChI=1S/C20H17ClN8O/c1-10(26-18-13(8-22)17(23)27-20(24)28-18)14-9-29(11-2-4-12(30)5-3-11)19-16(14)15(21)6-7-25-19/h2-7,9-10,30H,1H3,(H5,23,24,26,27,28)/t10-/m0/s1. The Bertz CT molecular complexity index is 1290. The van der Waals surface area contributed by atoms with Gasteiger partial charge < -0.3 is 26.5 Å². The fourth-order valence-corrected chi connectivity index (χ4v) is 3.52. The van der Waals surface area contributed by atoms with Gasteiger partial charge in [0.05, 0.1) is 11.1 Å². The van der Waals surface area contributed by atoms with E-state index in [4.69, 9.17) is 23.1 Å².